The molecule has 1 saturated heterocycles. The fourth-order valence-corrected chi connectivity index (χ4v) is 6.29. The van der Waals surface area contributed by atoms with Gasteiger partial charge in [0.25, 0.3) is 0 Å². The number of carbonyl (C=O) groups excluding carboxylic acids is 4. The summed E-state index contributed by atoms with van der Waals surface area (Å²) in [5, 5.41) is 18.8. The highest BCUT2D eigenvalue weighted by molar-refractivity contribution is 7.13. The number of aryl methyl sites for hydroxylation is 1. The van der Waals surface area contributed by atoms with Crippen molar-refractivity contribution >= 4 is 35.2 Å². The average molecular weight is 778 g/mol. The van der Waals surface area contributed by atoms with E-state index in [1.165, 1.54) is 4.90 Å². The first-order chi connectivity index (χ1) is 25.5. The van der Waals surface area contributed by atoms with Gasteiger partial charge in [-0.3, -0.25) is 14.4 Å². The zero-order chi connectivity index (χ0) is 39.7. The molecule has 0 spiro atoms. The third-order valence-corrected chi connectivity index (χ3v) is 9.19. The third kappa shape index (κ3) is 16.0. The highest BCUT2D eigenvalue weighted by atomic mass is 32.1. The number of aliphatic hydroxyl groups is 1. The molecule has 2 heterocycles. The molecule has 0 radical (unpaired) electrons. The van der Waals surface area contributed by atoms with Crippen molar-refractivity contribution in [2.45, 2.75) is 91.6 Å². The minimum absolute atomic E-state index is 0.000703. The predicted molar refractivity (Wildman–Crippen MR) is 204 cm³/mol. The van der Waals surface area contributed by atoms with Crippen LogP contribution in [0, 0.1) is 12.3 Å². The van der Waals surface area contributed by atoms with Crippen molar-refractivity contribution in [1.29, 1.82) is 0 Å². The van der Waals surface area contributed by atoms with E-state index in [-0.39, 0.29) is 51.0 Å². The molecule has 4 amide bonds. The van der Waals surface area contributed by atoms with Gasteiger partial charge in [-0.15, -0.1) is 11.3 Å². The van der Waals surface area contributed by atoms with Gasteiger partial charge in [0, 0.05) is 32.5 Å². The lowest BCUT2D eigenvalue weighted by Gasteiger charge is -2.35. The number of amides is 4. The number of nitrogens with one attached hydrogen (secondary N) is 3. The lowest BCUT2D eigenvalue weighted by Crippen LogP contribution is -2.57. The lowest BCUT2D eigenvalue weighted by atomic mass is 9.85. The van der Waals surface area contributed by atoms with Gasteiger partial charge >= 0.3 is 6.09 Å². The molecule has 15 nitrogen and oxygen atoms in total. The number of alkyl carbamates (subject to hydrolysis) is 1. The largest absolute Gasteiger partial charge is 0.444 e. The molecule has 54 heavy (non-hydrogen) atoms. The Balaban J connectivity index is 1.30. The van der Waals surface area contributed by atoms with Crippen LogP contribution >= 0.6 is 11.3 Å². The number of rotatable bonds is 21. The molecule has 1 aliphatic rings. The topological polar surface area (TPSA) is 187 Å². The molecule has 0 bridgehead atoms. The number of hydrogen-bond acceptors (Lipinski definition) is 12. The van der Waals surface area contributed by atoms with Crippen LogP contribution in [0.25, 0.3) is 10.4 Å². The normalized spacial score (nSPS) is 16.6. The Hall–Kier alpha value is -3.67. The van der Waals surface area contributed by atoms with Crippen molar-refractivity contribution in [3.05, 3.63) is 41.0 Å². The van der Waals surface area contributed by atoms with E-state index in [4.69, 9.17) is 23.7 Å². The predicted octanol–water partition coefficient (Wildman–Crippen LogP) is 3.21. The molecule has 1 aromatic heterocycles. The molecule has 2 aromatic rings. The van der Waals surface area contributed by atoms with Crippen LogP contribution in [0.2, 0.25) is 0 Å². The van der Waals surface area contributed by atoms with Gasteiger partial charge in [-0.1, -0.05) is 45.0 Å². The van der Waals surface area contributed by atoms with Crippen LogP contribution in [0.15, 0.2) is 29.8 Å². The van der Waals surface area contributed by atoms with Crippen LogP contribution in [0.3, 0.4) is 0 Å². The first kappa shape index (κ1) is 44.7. The average Bonchev–Trinajstić information content (AvgIpc) is 3.71. The fraction of sp³-hybridized carbons (Fsp3) is 0.658. The second-order valence-electron chi connectivity index (χ2n) is 15.1. The minimum Gasteiger partial charge on any atom is -0.444 e. The van der Waals surface area contributed by atoms with Crippen molar-refractivity contribution < 1.29 is 48.0 Å². The number of β-amino-alcohol motifs (C(OH)–C–C–N with tert-alkyl or cyclic N) is 1. The van der Waals surface area contributed by atoms with E-state index in [9.17, 15) is 24.3 Å². The van der Waals surface area contributed by atoms with Gasteiger partial charge in [0.1, 0.15) is 17.7 Å². The van der Waals surface area contributed by atoms with Gasteiger partial charge in [-0.25, -0.2) is 9.78 Å². The quantitative estimate of drug-likeness (QED) is 0.137. The molecular formula is C38H59N5O10S. The summed E-state index contributed by atoms with van der Waals surface area (Å²) in [5.74, 6) is -1.15. The van der Waals surface area contributed by atoms with E-state index in [0.29, 0.717) is 46.2 Å². The second-order valence-corrected chi connectivity index (χ2v) is 15.9. The second kappa shape index (κ2) is 22.0. The zero-order valence-electron chi connectivity index (χ0n) is 32.7. The van der Waals surface area contributed by atoms with E-state index in [2.05, 4.69) is 20.9 Å². The number of aliphatic hydroxyl groups excluding tert-OH is 1. The van der Waals surface area contributed by atoms with Gasteiger partial charge in [0.05, 0.1) is 75.0 Å². The third-order valence-electron chi connectivity index (χ3n) is 8.22. The summed E-state index contributed by atoms with van der Waals surface area (Å²) in [6.07, 6.45) is -1.20. The molecule has 1 aliphatic heterocycles. The summed E-state index contributed by atoms with van der Waals surface area (Å²) < 4.78 is 27.0. The van der Waals surface area contributed by atoms with Crippen molar-refractivity contribution in [2.24, 2.45) is 5.41 Å². The molecule has 3 rings (SSSR count). The lowest BCUT2D eigenvalue weighted by molar-refractivity contribution is -0.144. The van der Waals surface area contributed by atoms with Crippen LogP contribution in [0.4, 0.5) is 4.79 Å². The van der Waals surface area contributed by atoms with Gasteiger partial charge in [0.2, 0.25) is 17.7 Å². The Morgan fingerprint density at radius 2 is 1.48 bits per heavy atom. The highest BCUT2D eigenvalue weighted by Crippen LogP contribution is 2.28. The number of benzene rings is 1. The van der Waals surface area contributed by atoms with Crippen molar-refractivity contribution in [3.8, 4) is 10.4 Å². The number of aromatic nitrogens is 1. The van der Waals surface area contributed by atoms with Crippen LogP contribution in [0.5, 0.6) is 0 Å². The molecule has 0 aliphatic carbocycles. The molecule has 0 saturated carbocycles. The summed E-state index contributed by atoms with van der Waals surface area (Å²) >= 11 is 1.57. The maximum absolute atomic E-state index is 13.8. The molecule has 4 N–H and O–H groups in total. The Labute approximate surface area is 322 Å². The molecule has 302 valence electrons. The number of carbonyl (C=O) groups is 4. The summed E-state index contributed by atoms with van der Waals surface area (Å²) in [4.78, 5) is 58.4. The fourth-order valence-electron chi connectivity index (χ4n) is 5.48. The van der Waals surface area contributed by atoms with E-state index < -0.39 is 41.2 Å². The number of nitrogens with zero attached hydrogens (tertiary/aromatic N) is 2. The molecule has 16 heteroatoms. The number of hydrogen-bond donors (Lipinski definition) is 4. The van der Waals surface area contributed by atoms with E-state index in [1.807, 2.05) is 57.5 Å². The van der Waals surface area contributed by atoms with Gasteiger partial charge < -0.3 is 49.6 Å². The molecule has 3 atom stereocenters. The molecule has 0 unspecified atom stereocenters. The van der Waals surface area contributed by atoms with Crippen LogP contribution in [0.1, 0.15) is 65.6 Å². The Morgan fingerprint density at radius 1 is 0.889 bits per heavy atom. The zero-order valence-corrected chi connectivity index (χ0v) is 33.6. The number of likely N-dealkylation sites (tertiary alicyclic amines) is 1. The summed E-state index contributed by atoms with van der Waals surface area (Å²) in [6, 6.07) is 6.08. The maximum atomic E-state index is 13.8. The number of thiazole rings is 1. The first-order valence-electron chi connectivity index (χ1n) is 18.4. The smallest absolute Gasteiger partial charge is 0.407 e. The van der Waals surface area contributed by atoms with Gasteiger partial charge in [-0.05, 0) is 44.2 Å². The van der Waals surface area contributed by atoms with Gasteiger partial charge in [-0.2, -0.15) is 0 Å². The molecular weight excluding hydrogens is 719 g/mol. The SMILES string of the molecule is Cc1ncsc1-c1ccc(CNC(=O)[C@@H]2C[C@@H](O)CN2C(=O)[C@@H](NC(=O)CCOCCOCCOCCOCCNC(=O)OC(C)(C)C)C(C)(C)C)cc1. The van der Waals surface area contributed by atoms with Crippen LogP contribution in [-0.2, 0) is 44.6 Å². The van der Waals surface area contributed by atoms with E-state index >= 15 is 0 Å². The van der Waals surface area contributed by atoms with Crippen LogP contribution in [-0.4, -0.2) is 129 Å². The van der Waals surface area contributed by atoms with E-state index in [1.54, 1.807) is 32.1 Å². The summed E-state index contributed by atoms with van der Waals surface area (Å²) in [6.45, 7) is 16.1. The summed E-state index contributed by atoms with van der Waals surface area (Å²) in [5.41, 5.74) is 3.52. The molecule has 1 fully saturated rings. The summed E-state index contributed by atoms with van der Waals surface area (Å²) in [7, 11) is 0. The monoisotopic (exact) mass is 777 g/mol. The highest BCUT2D eigenvalue weighted by Gasteiger charge is 2.44. The standard InChI is InChI=1S/C38H59N5O10S/c1-26-32(54-25-41-26)28-10-8-27(9-11-28)23-40-34(46)30-22-29(44)24-43(30)35(47)33(37(2,3)4)42-31(45)12-14-49-16-18-51-20-21-52-19-17-50-15-13-39-36(48)53-38(5,6)7/h8-11,25,29-30,33,44H,12-24H2,1-7H3,(H,39,48)(H,40,46)(H,42,45)/t29-,30+,33-/m1/s1. The Kier molecular flexibility index (Phi) is 18.2. The maximum Gasteiger partial charge on any atom is 0.407 e. The number of ether oxygens (including phenoxy) is 5. The first-order valence-corrected chi connectivity index (χ1v) is 19.3. The molecule has 1 aromatic carbocycles. The Bertz CT molecular complexity index is 1470. The van der Waals surface area contributed by atoms with E-state index in [0.717, 1.165) is 21.7 Å². The van der Waals surface area contributed by atoms with Crippen molar-refractivity contribution in [1.82, 2.24) is 25.8 Å². The van der Waals surface area contributed by atoms with Crippen molar-refractivity contribution in [2.75, 3.05) is 65.9 Å². The Morgan fingerprint density at radius 3 is 2.04 bits per heavy atom. The van der Waals surface area contributed by atoms with Crippen LogP contribution < -0.4 is 16.0 Å². The minimum atomic E-state index is -0.920. The van der Waals surface area contributed by atoms with Gasteiger partial charge in [0.15, 0.2) is 0 Å². The van der Waals surface area contributed by atoms with Crippen molar-refractivity contribution in [3.63, 3.8) is 0 Å².